The number of benzene rings is 1. The molecule has 1 amide bonds. The lowest BCUT2D eigenvalue weighted by Gasteiger charge is -2.23. The van der Waals surface area contributed by atoms with Crippen LogP contribution >= 0.6 is 0 Å². The van der Waals surface area contributed by atoms with Gasteiger partial charge in [0.05, 0.1) is 26.7 Å². The highest BCUT2D eigenvalue weighted by Crippen LogP contribution is 2.11. The average Bonchev–Trinajstić information content (AvgIpc) is 2.50. The predicted molar refractivity (Wildman–Crippen MR) is 78.0 cm³/mol. The van der Waals surface area contributed by atoms with E-state index in [9.17, 15) is 9.59 Å². The number of hydrogen-bond donors (Lipinski definition) is 2. The molecule has 0 spiro atoms. The Morgan fingerprint density at radius 1 is 1.38 bits per heavy atom. The summed E-state index contributed by atoms with van der Waals surface area (Å²) >= 11 is 0. The Labute approximate surface area is 123 Å². The lowest BCUT2D eigenvalue weighted by Crippen LogP contribution is -2.43. The SMILES string of the molecule is COC(=O)Cc1ccc(NC(=O)CC2COCCN2)cc1. The number of hydrogen-bond acceptors (Lipinski definition) is 5. The molecule has 0 aromatic heterocycles. The van der Waals surface area contributed by atoms with Gasteiger partial charge >= 0.3 is 5.97 Å². The van der Waals surface area contributed by atoms with Gasteiger partial charge in [-0.2, -0.15) is 0 Å². The van der Waals surface area contributed by atoms with Gasteiger partial charge in [-0.3, -0.25) is 9.59 Å². The minimum atomic E-state index is -0.282. The monoisotopic (exact) mass is 292 g/mol. The highest BCUT2D eigenvalue weighted by Gasteiger charge is 2.16. The molecular weight excluding hydrogens is 272 g/mol. The summed E-state index contributed by atoms with van der Waals surface area (Å²) in [5, 5.41) is 6.07. The van der Waals surface area contributed by atoms with E-state index in [0.717, 1.165) is 12.1 Å². The van der Waals surface area contributed by atoms with E-state index in [4.69, 9.17) is 4.74 Å². The van der Waals surface area contributed by atoms with Crippen molar-refractivity contribution in [3.63, 3.8) is 0 Å². The quantitative estimate of drug-likeness (QED) is 0.782. The second-order valence-corrected chi connectivity index (χ2v) is 4.93. The van der Waals surface area contributed by atoms with Crippen molar-refractivity contribution in [2.75, 3.05) is 32.2 Å². The van der Waals surface area contributed by atoms with Gasteiger partial charge < -0.3 is 20.1 Å². The Morgan fingerprint density at radius 3 is 2.76 bits per heavy atom. The standard InChI is InChI=1S/C15H20N2O4/c1-20-15(19)8-11-2-4-12(5-3-11)17-14(18)9-13-10-21-7-6-16-13/h2-5,13,16H,6-10H2,1H3,(H,17,18). The van der Waals surface area contributed by atoms with Crippen molar-refractivity contribution in [3.8, 4) is 0 Å². The highest BCUT2D eigenvalue weighted by molar-refractivity contribution is 5.91. The fourth-order valence-corrected chi connectivity index (χ4v) is 2.13. The smallest absolute Gasteiger partial charge is 0.309 e. The van der Waals surface area contributed by atoms with Crippen LogP contribution in [0.3, 0.4) is 0 Å². The maximum Gasteiger partial charge on any atom is 0.309 e. The molecule has 0 saturated carbocycles. The summed E-state index contributed by atoms with van der Waals surface area (Å²) in [6.45, 7) is 2.03. The van der Waals surface area contributed by atoms with Gasteiger partial charge in [0.25, 0.3) is 0 Å². The number of nitrogens with one attached hydrogen (secondary N) is 2. The molecule has 6 nitrogen and oxygen atoms in total. The topological polar surface area (TPSA) is 76.7 Å². The Balaban J connectivity index is 1.81. The van der Waals surface area contributed by atoms with Crippen molar-refractivity contribution in [3.05, 3.63) is 29.8 Å². The Morgan fingerprint density at radius 2 is 2.14 bits per heavy atom. The first kappa shape index (κ1) is 15.5. The third-order valence-corrected chi connectivity index (χ3v) is 3.24. The molecule has 6 heteroatoms. The summed E-state index contributed by atoms with van der Waals surface area (Å²) in [6, 6.07) is 7.22. The van der Waals surface area contributed by atoms with E-state index in [0.29, 0.717) is 25.3 Å². The zero-order valence-corrected chi connectivity index (χ0v) is 12.1. The first-order valence-corrected chi connectivity index (χ1v) is 6.94. The number of ether oxygens (including phenoxy) is 2. The molecule has 1 unspecified atom stereocenters. The van der Waals surface area contributed by atoms with Gasteiger partial charge in [0.15, 0.2) is 0 Å². The molecule has 1 aliphatic rings. The van der Waals surface area contributed by atoms with Gasteiger partial charge in [-0.1, -0.05) is 12.1 Å². The zero-order valence-electron chi connectivity index (χ0n) is 12.1. The van der Waals surface area contributed by atoms with Crippen LogP contribution in [0.4, 0.5) is 5.69 Å². The summed E-state index contributed by atoms with van der Waals surface area (Å²) < 4.78 is 9.92. The number of esters is 1. The second kappa shape index (κ2) is 7.75. The molecule has 114 valence electrons. The van der Waals surface area contributed by atoms with E-state index >= 15 is 0 Å². The molecule has 1 fully saturated rings. The van der Waals surface area contributed by atoms with E-state index in [2.05, 4.69) is 15.4 Å². The first-order valence-electron chi connectivity index (χ1n) is 6.94. The molecule has 1 aliphatic heterocycles. The third-order valence-electron chi connectivity index (χ3n) is 3.24. The van der Waals surface area contributed by atoms with Crippen molar-refractivity contribution < 1.29 is 19.1 Å². The second-order valence-electron chi connectivity index (χ2n) is 4.93. The first-order chi connectivity index (χ1) is 10.2. The lowest BCUT2D eigenvalue weighted by atomic mass is 10.1. The molecule has 0 aliphatic carbocycles. The largest absolute Gasteiger partial charge is 0.469 e. The molecule has 1 aromatic rings. The third kappa shape index (κ3) is 5.17. The number of rotatable bonds is 5. The van der Waals surface area contributed by atoms with E-state index in [1.54, 1.807) is 24.3 Å². The van der Waals surface area contributed by atoms with Gasteiger partial charge in [0.1, 0.15) is 0 Å². The van der Waals surface area contributed by atoms with E-state index in [1.807, 2.05) is 0 Å². The van der Waals surface area contributed by atoms with Crippen LogP contribution in [0.5, 0.6) is 0 Å². The van der Waals surface area contributed by atoms with Gasteiger partial charge in [-0.15, -0.1) is 0 Å². The van der Waals surface area contributed by atoms with E-state index in [-0.39, 0.29) is 24.3 Å². The highest BCUT2D eigenvalue weighted by atomic mass is 16.5. The number of methoxy groups -OCH3 is 1. The van der Waals surface area contributed by atoms with Gasteiger partial charge in [0.2, 0.25) is 5.91 Å². The predicted octanol–water partition coefficient (Wildman–Crippen LogP) is 0.719. The van der Waals surface area contributed by atoms with Crippen LogP contribution in [0, 0.1) is 0 Å². The van der Waals surface area contributed by atoms with Crippen LogP contribution in [0.1, 0.15) is 12.0 Å². The summed E-state index contributed by atoms with van der Waals surface area (Å²) in [5.41, 5.74) is 1.56. The van der Waals surface area contributed by atoms with Gasteiger partial charge in [-0.25, -0.2) is 0 Å². The van der Waals surface area contributed by atoms with Gasteiger partial charge in [0, 0.05) is 24.7 Å². The van der Waals surface area contributed by atoms with Crippen LogP contribution in [-0.2, 0) is 25.5 Å². The van der Waals surface area contributed by atoms with Crippen LogP contribution < -0.4 is 10.6 Å². The van der Waals surface area contributed by atoms with Crippen LogP contribution in [0.2, 0.25) is 0 Å². The minimum Gasteiger partial charge on any atom is -0.469 e. The van der Waals surface area contributed by atoms with Crippen LogP contribution in [0.15, 0.2) is 24.3 Å². The van der Waals surface area contributed by atoms with Crippen LogP contribution in [0.25, 0.3) is 0 Å². The Kier molecular flexibility index (Phi) is 5.71. The molecule has 21 heavy (non-hydrogen) atoms. The molecule has 0 radical (unpaired) electrons. The number of morpholine rings is 1. The molecule has 1 heterocycles. The summed E-state index contributed by atoms with van der Waals surface area (Å²) in [5.74, 6) is -0.339. The molecule has 1 saturated heterocycles. The average molecular weight is 292 g/mol. The number of carbonyl (C=O) groups is 2. The van der Waals surface area contributed by atoms with E-state index < -0.39 is 0 Å². The summed E-state index contributed by atoms with van der Waals surface area (Å²) in [4.78, 5) is 23.1. The summed E-state index contributed by atoms with van der Waals surface area (Å²) in [6.07, 6.45) is 0.609. The fourth-order valence-electron chi connectivity index (χ4n) is 2.13. The maximum absolute atomic E-state index is 11.9. The van der Waals surface area contributed by atoms with Crippen molar-refractivity contribution in [2.45, 2.75) is 18.9 Å². The molecule has 1 atom stereocenters. The molecule has 0 bridgehead atoms. The minimum absolute atomic E-state index is 0.0567. The van der Waals surface area contributed by atoms with Crippen molar-refractivity contribution in [2.24, 2.45) is 0 Å². The number of anilines is 1. The van der Waals surface area contributed by atoms with Crippen molar-refractivity contribution in [1.82, 2.24) is 5.32 Å². The normalized spacial score (nSPS) is 18.0. The lowest BCUT2D eigenvalue weighted by molar-refractivity contribution is -0.139. The van der Waals surface area contributed by atoms with Crippen LogP contribution in [-0.4, -0.2) is 44.8 Å². The Hall–Kier alpha value is -1.92. The molecule has 2 N–H and O–H groups in total. The maximum atomic E-state index is 11.9. The number of amides is 1. The zero-order chi connectivity index (χ0) is 15.1. The van der Waals surface area contributed by atoms with Crippen molar-refractivity contribution in [1.29, 1.82) is 0 Å². The van der Waals surface area contributed by atoms with Crippen molar-refractivity contribution >= 4 is 17.6 Å². The number of carbonyl (C=O) groups excluding carboxylic acids is 2. The van der Waals surface area contributed by atoms with E-state index in [1.165, 1.54) is 7.11 Å². The molecular formula is C15H20N2O4. The Bertz CT molecular complexity index is 481. The molecule has 1 aromatic carbocycles. The fraction of sp³-hybridized carbons (Fsp3) is 0.467. The molecule has 2 rings (SSSR count). The van der Waals surface area contributed by atoms with Gasteiger partial charge in [-0.05, 0) is 17.7 Å². The summed E-state index contributed by atoms with van der Waals surface area (Å²) in [7, 11) is 1.36.